The highest BCUT2D eigenvalue weighted by atomic mass is 32.2. The number of rotatable bonds is 4. The fraction of sp³-hybridized carbons (Fsp3) is 0.333. The van der Waals surface area contributed by atoms with Crippen LogP contribution in [0.1, 0.15) is 16.8 Å². The number of hydrogen-bond donors (Lipinski definition) is 2. The van der Waals surface area contributed by atoms with Gasteiger partial charge in [0.1, 0.15) is 5.82 Å². The first-order chi connectivity index (χ1) is 9.74. The van der Waals surface area contributed by atoms with Crippen LogP contribution in [-0.4, -0.2) is 34.1 Å². The fourth-order valence-electron chi connectivity index (χ4n) is 2.44. The van der Waals surface area contributed by atoms with E-state index in [2.05, 4.69) is 10.3 Å². The molecule has 5 heteroatoms. The number of fused-ring (bicyclic) bond motifs is 1. The summed E-state index contributed by atoms with van der Waals surface area (Å²) in [4.78, 5) is 15.9. The van der Waals surface area contributed by atoms with Gasteiger partial charge in [-0.25, -0.2) is 9.78 Å². The van der Waals surface area contributed by atoms with Crippen LogP contribution in [0.3, 0.4) is 0 Å². The lowest BCUT2D eigenvalue weighted by atomic mass is 10.1. The number of aromatic carboxylic acids is 1. The fourth-order valence-corrected chi connectivity index (χ4v) is 3.72. The van der Waals surface area contributed by atoms with Gasteiger partial charge in [0, 0.05) is 11.9 Å². The smallest absolute Gasteiger partial charge is 0.336 e. The molecule has 1 aromatic carbocycles. The largest absolute Gasteiger partial charge is 0.478 e. The summed E-state index contributed by atoms with van der Waals surface area (Å²) >= 11 is 1.97. The van der Waals surface area contributed by atoms with Crippen molar-refractivity contribution in [3.8, 4) is 0 Å². The van der Waals surface area contributed by atoms with Crippen molar-refractivity contribution in [1.82, 2.24) is 4.98 Å². The first-order valence-electron chi connectivity index (χ1n) is 6.69. The molecule has 1 aliphatic rings. The molecule has 1 fully saturated rings. The lowest BCUT2D eigenvalue weighted by Gasteiger charge is -2.12. The van der Waals surface area contributed by atoms with Crippen LogP contribution in [0.4, 0.5) is 5.82 Å². The zero-order chi connectivity index (χ0) is 13.9. The number of nitrogens with one attached hydrogen (secondary N) is 1. The topological polar surface area (TPSA) is 62.2 Å². The third-order valence-corrected chi connectivity index (χ3v) is 4.77. The van der Waals surface area contributed by atoms with E-state index in [1.807, 2.05) is 30.0 Å². The molecule has 0 bridgehead atoms. The highest BCUT2D eigenvalue weighted by Crippen LogP contribution is 2.25. The average molecular weight is 288 g/mol. The van der Waals surface area contributed by atoms with Gasteiger partial charge in [0.2, 0.25) is 0 Å². The van der Waals surface area contributed by atoms with Crippen molar-refractivity contribution in [2.24, 2.45) is 5.92 Å². The third kappa shape index (κ3) is 2.72. The van der Waals surface area contributed by atoms with Crippen LogP contribution in [-0.2, 0) is 0 Å². The number of aromatic nitrogens is 1. The Balaban J connectivity index is 1.88. The van der Waals surface area contributed by atoms with Crippen LogP contribution in [0.15, 0.2) is 30.3 Å². The highest BCUT2D eigenvalue weighted by Gasteiger charge is 2.16. The number of anilines is 1. The molecule has 1 unspecified atom stereocenters. The molecule has 0 radical (unpaired) electrons. The Morgan fingerprint density at radius 1 is 1.45 bits per heavy atom. The summed E-state index contributed by atoms with van der Waals surface area (Å²) in [5.41, 5.74) is 1.02. The molecule has 2 N–H and O–H groups in total. The van der Waals surface area contributed by atoms with E-state index < -0.39 is 5.97 Å². The Hall–Kier alpha value is -1.75. The molecule has 1 atom stereocenters. The predicted molar refractivity (Wildman–Crippen MR) is 82.6 cm³/mol. The summed E-state index contributed by atoms with van der Waals surface area (Å²) in [7, 11) is 0. The minimum absolute atomic E-state index is 0.305. The molecule has 104 valence electrons. The van der Waals surface area contributed by atoms with Gasteiger partial charge < -0.3 is 10.4 Å². The van der Waals surface area contributed by atoms with E-state index in [-0.39, 0.29) is 0 Å². The second-order valence-corrected chi connectivity index (χ2v) is 6.14. The van der Waals surface area contributed by atoms with E-state index in [9.17, 15) is 9.90 Å². The van der Waals surface area contributed by atoms with Gasteiger partial charge in [0.15, 0.2) is 0 Å². The second kappa shape index (κ2) is 5.71. The zero-order valence-corrected chi connectivity index (χ0v) is 11.8. The normalized spacial score (nSPS) is 18.3. The highest BCUT2D eigenvalue weighted by molar-refractivity contribution is 7.99. The lowest BCUT2D eigenvalue weighted by Crippen LogP contribution is -2.14. The van der Waals surface area contributed by atoms with Crippen LogP contribution in [0.2, 0.25) is 0 Å². The molecule has 0 saturated carbocycles. The number of carboxylic acid groups (broad SMARTS) is 1. The zero-order valence-electron chi connectivity index (χ0n) is 11.0. The molecule has 0 amide bonds. The van der Waals surface area contributed by atoms with Crippen LogP contribution in [0.25, 0.3) is 10.9 Å². The van der Waals surface area contributed by atoms with E-state index in [0.717, 1.165) is 12.1 Å². The Kier molecular flexibility index (Phi) is 3.78. The maximum absolute atomic E-state index is 11.4. The van der Waals surface area contributed by atoms with Crippen molar-refractivity contribution < 1.29 is 9.90 Å². The molecule has 1 aliphatic heterocycles. The molecule has 1 aromatic heterocycles. The van der Waals surface area contributed by atoms with Crippen molar-refractivity contribution >= 4 is 34.5 Å². The molecule has 2 heterocycles. The summed E-state index contributed by atoms with van der Waals surface area (Å²) in [5, 5.41) is 13.3. The number of carbonyl (C=O) groups is 1. The summed E-state index contributed by atoms with van der Waals surface area (Å²) in [6.07, 6.45) is 1.22. The molecule has 2 aromatic rings. The van der Waals surface area contributed by atoms with E-state index in [0.29, 0.717) is 22.7 Å². The van der Waals surface area contributed by atoms with E-state index in [1.165, 1.54) is 17.9 Å². The molecule has 0 aliphatic carbocycles. The van der Waals surface area contributed by atoms with Gasteiger partial charge in [0.05, 0.1) is 11.1 Å². The number of benzene rings is 1. The Morgan fingerprint density at radius 3 is 3.05 bits per heavy atom. The maximum atomic E-state index is 11.4. The monoisotopic (exact) mass is 288 g/mol. The van der Waals surface area contributed by atoms with Gasteiger partial charge in [-0.3, -0.25) is 0 Å². The molecular weight excluding hydrogens is 272 g/mol. The second-order valence-electron chi connectivity index (χ2n) is 4.99. The van der Waals surface area contributed by atoms with Crippen LogP contribution >= 0.6 is 11.8 Å². The average Bonchev–Trinajstić information content (AvgIpc) is 2.97. The van der Waals surface area contributed by atoms with Crippen LogP contribution in [0.5, 0.6) is 0 Å². The van der Waals surface area contributed by atoms with Gasteiger partial charge in [0.25, 0.3) is 0 Å². The standard InChI is InChI=1S/C15H16N2O2S/c18-15(19)12-7-14(16-8-10-5-6-20-9-10)17-13-4-2-1-3-11(12)13/h1-4,7,10H,5-6,8-9H2,(H,16,17)(H,18,19). The first kappa shape index (κ1) is 13.2. The summed E-state index contributed by atoms with van der Waals surface area (Å²) < 4.78 is 0. The van der Waals surface area contributed by atoms with E-state index in [4.69, 9.17) is 0 Å². The van der Waals surface area contributed by atoms with Crippen LogP contribution < -0.4 is 5.32 Å². The SMILES string of the molecule is O=C(O)c1cc(NCC2CCSC2)nc2ccccc12. The Labute approximate surface area is 121 Å². The Morgan fingerprint density at radius 2 is 2.30 bits per heavy atom. The van der Waals surface area contributed by atoms with Gasteiger partial charge in [-0.05, 0) is 36.0 Å². The Bertz CT molecular complexity index is 639. The van der Waals surface area contributed by atoms with Gasteiger partial charge in [-0.15, -0.1) is 0 Å². The van der Waals surface area contributed by atoms with Gasteiger partial charge in [-0.2, -0.15) is 11.8 Å². The number of nitrogens with zero attached hydrogens (tertiary/aromatic N) is 1. The third-order valence-electron chi connectivity index (χ3n) is 3.54. The van der Waals surface area contributed by atoms with Crippen molar-refractivity contribution in [3.63, 3.8) is 0 Å². The maximum Gasteiger partial charge on any atom is 0.336 e. The molecular formula is C15H16N2O2S. The molecule has 1 saturated heterocycles. The van der Waals surface area contributed by atoms with Gasteiger partial charge in [-0.1, -0.05) is 18.2 Å². The van der Waals surface area contributed by atoms with Gasteiger partial charge >= 0.3 is 5.97 Å². The number of para-hydroxylation sites is 1. The number of thioether (sulfide) groups is 1. The quantitative estimate of drug-likeness (QED) is 0.905. The van der Waals surface area contributed by atoms with Crippen molar-refractivity contribution in [2.75, 3.05) is 23.4 Å². The molecule has 0 spiro atoms. The number of carboxylic acids is 1. The summed E-state index contributed by atoms with van der Waals surface area (Å²) in [5.74, 6) is 2.78. The minimum atomic E-state index is -0.914. The van der Waals surface area contributed by atoms with E-state index >= 15 is 0 Å². The van der Waals surface area contributed by atoms with Crippen molar-refractivity contribution in [2.45, 2.75) is 6.42 Å². The first-order valence-corrected chi connectivity index (χ1v) is 7.84. The van der Waals surface area contributed by atoms with Crippen LogP contribution in [0, 0.1) is 5.92 Å². The van der Waals surface area contributed by atoms with Crippen molar-refractivity contribution in [3.05, 3.63) is 35.9 Å². The number of pyridine rings is 1. The predicted octanol–water partition coefficient (Wildman–Crippen LogP) is 3.10. The minimum Gasteiger partial charge on any atom is -0.478 e. The van der Waals surface area contributed by atoms with E-state index in [1.54, 1.807) is 12.1 Å². The molecule has 4 nitrogen and oxygen atoms in total. The molecule has 20 heavy (non-hydrogen) atoms. The molecule has 3 rings (SSSR count). The number of hydrogen-bond acceptors (Lipinski definition) is 4. The lowest BCUT2D eigenvalue weighted by molar-refractivity contribution is 0.0699. The summed E-state index contributed by atoms with van der Waals surface area (Å²) in [6.45, 7) is 0.859. The summed E-state index contributed by atoms with van der Waals surface area (Å²) in [6, 6.07) is 8.98. The van der Waals surface area contributed by atoms with Crippen molar-refractivity contribution in [1.29, 1.82) is 0 Å².